The first-order valence-electron chi connectivity index (χ1n) is 6.44. The number of ketones is 1. The Bertz CT molecular complexity index is 847. The van der Waals surface area contributed by atoms with Crippen molar-refractivity contribution in [2.45, 2.75) is 12.8 Å². The first kappa shape index (κ1) is 10.6. The molecule has 0 aromatic heterocycles. The fourth-order valence-corrected chi connectivity index (χ4v) is 3.09. The second kappa shape index (κ2) is 3.58. The van der Waals surface area contributed by atoms with E-state index in [1.165, 1.54) is 0 Å². The molecular weight excluding hydrogens is 236 g/mol. The number of fused-ring (bicyclic) bond motifs is 5. The minimum absolute atomic E-state index is 0.243. The van der Waals surface area contributed by atoms with Gasteiger partial charge in [0.1, 0.15) is 5.75 Å². The molecule has 4 rings (SSSR count). The van der Waals surface area contributed by atoms with Crippen LogP contribution in [0.3, 0.4) is 0 Å². The second-order valence-corrected chi connectivity index (χ2v) is 5.08. The molecule has 0 amide bonds. The van der Waals surface area contributed by atoms with Crippen molar-refractivity contribution in [1.82, 2.24) is 0 Å². The molecule has 3 aromatic rings. The number of aryl methyl sites for hydroxylation is 1. The summed E-state index contributed by atoms with van der Waals surface area (Å²) >= 11 is 0. The van der Waals surface area contributed by atoms with Crippen LogP contribution in [0.4, 0.5) is 0 Å². The molecule has 1 aliphatic rings. The molecule has 0 radical (unpaired) electrons. The number of hydrogen-bond donors (Lipinski definition) is 1. The normalized spacial score (nSPS) is 14.2. The van der Waals surface area contributed by atoms with Gasteiger partial charge < -0.3 is 5.11 Å². The van der Waals surface area contributed by atoms with Gasteiger partial charge in [-0.3, -0.25) is 4.79 Å². The fourth-order valence-electron chi connectivity index (χ4n) is 3.09. The highest BCUT2D eigenvalue weighted by Gasteiger charge is 2.21. The van der Waals surface area contributed by atoms with E-state index < -0.39 is 0 Å². The Morgan fingerprint density at radius 3 is 2.53 bits per heavy atom. The number of aromatic hydroxyl groups is 1. The molecule has 0 saturated heterocycles. The smallest absolute Gasteiger partial charge is 0.163 e. The predicted molar refractivity (Wildman–Crippen MR) is 75.8 cm³/mol. The topological polar surface area (TPSA) is 37.3 Å². The molecular formula is C17H12O2. The third-order valence-electron chi connectivity index (χ3n) is 4.02. The molecule has 3 aromatic carbocycles. The molecule has 0 aliphatic heterocycles. The van der Waals surface area contributed by atoms with Gasteiger partial charge in [0.2, 0.25) is 0 Å². The van der Waals surface area contributed by atoms with Gasteiger partial charge >= 0.3 is 0 Å². The van der Waals surface area contributed by atoms with E-state index in [9.17, 15) is 9.90 Å². The zero-order valence-electron chi connectivity index (χ0n) is 10.3. The lowest BCUT2D eigenvalue weighted by atomic mass is 9.96. The molecule has 0 heterocycles. The van der Waals surface area contributed by atoms with E-state index in [0.717, 1.165) is 39.1 Å². The van der Waals surface area contributed by atoms with Crippen molar-refractivity contribution in [2.75, 3.05) is 0 Å². The number of phenolic OH excluding ortho intramolecular Hbond substituents is 1. The zero-order chi connectivity index (χ0) is 13.0. The van der Waals surface area contributed by atoms with E-state index in [1.807, 2.05) is 18.2 Å². The molecule has 2 nitrogen and oxygen atoms in total. The summed E-state index contributed by atoms with van der Waals surface area (Å²) in [5.41, 5.74) is 2.03. The van der Waals surface area contributed by atoms with Gasteiger partial charge in [0.05, 0.1) is 0 Å². The molecule has 0 bridgehead atoms. The van der Waals surface area contributed by atoms with Crippen LogP contribution in [0.2, 0.25) is 0 Å². The maximum atomic E-state index is 11.8. The molecule has 92 valence electrons. The Labute approximate surface area is 110 Å². The van der Waals surface area contributed by atoms with E-state index in [0.29, 0.717) is 6.42 Å². The molecule has 1 aliphatic carbocycles. The first-order chi connectivity index (χ1) is 9.24. The minimum atomic E-state index is 0.243. The number of carbonyl (C=O) groups is 1. The lowest BCUT2D eigenvalue weighted by Crippen LogP contribution is -1.91. The highest BCUT2D eigenvalue weighted by molar-refractivity contribution is 6.13. The summed E-state index contributed by atoms with van der Waals surface area (Å²) in [4.78, 5) is 11.8. The van der Waals surface area contributed by atoms with Crippen molar-refractivity contribution >= 4 is 27.3 Å². The van der Waals surface area contributed by atoms with Gasteiger partial charge in [-0.05, 0) is 45.7 Å². The highest BCUT2D eigenvalue weighted by atomic mass is 16.3. The van der Waals surface area contributed by atoms with Crippen LogP contribution in [-0.4, -0.2) is 10.9 Å². The maximum Gasteiger partial charge on any atom is 0.163 e. The summed E-state index contributed by atoms with van der Waals surface area (Å²) in [5.74, 6) is 0.518. The van der Waals surface area contributed by atoms with Crippen LogP contribution in [0.1, 0.15) is 22.3 Å². The van der Waals surface area contributed by atoms with E-state index in [4.69, 9.17) is 0 Å². The van der Waals surface area contributed by atoms with E-state index >= 15 is 0 Å². The van der Waals surface area contributed by atoms with Gasteiger partial charge in [0, 0.05) is 12.0 Å². The predicted octanol–water partition coefficient (Wildman–Crippen LogP) is 3.83. The molecule has 0 atom stereocenters. The number of hydrogen-bond acceptors (Lipinski definition) is 2. The molecule has 0 fully saturated rings. The van der Waals surface area contributed by atoms with Crippen LogP contribution in [0.5, 0.6) is 5.75 Å². The van der Waals surface area contributed by atoms with Gasteiger partial charge in [-0.1, -0.05) is 30.3 Å². The van der Waals surface area contributed by atoms with E-state index in [-0.39, 0.29) is 11.5 Å². The third kappa shape index (κ3) is 1.40. The van der Waals surface area contributed by atoms with Gasteiger partial charge in [0.15, 0.2) is 5.78 Å². The van der Waals surface area contributed by atoms with Crippen molar-refractivity contribution in [3.8, 4) is 5.75 Å². The van der Waals surface area contributed by atoms with Crippen LogP contribution in [0.25, 0.3) is 21.5 Å². The molecule has 0 saturated carbocycles. The average molecular weight is 248 g/mol. The largest absolute Gasteiger partial charge is 0.508 e. The number of Topliss-reactive ketones (excluding diaryl/α,β-unsaturated/α-hetero) is 1. The molecule has 0 unspecified atom stereocenters. The van der Waals surface area contributed by atoms with Crippen LogP contribution >= 0.6 is 0 Å². The Morgan fingerprint density at radius 1 is 0.842 bits per heavy atom. The van der Waals surface area contributed by atoms with Crippen LogP contribution in [0.15, 0.2) is 42.5 Å². The maximum absolute atomic E-state index is 11.8. The summed E-state index contributed by atoms with van der Waals surface area (Å²) in [5, 5.41) is 14.1. The van der Waals surface area contributed by atoms with Crippen molar-refractivity contribution in [2.24, 2.45) is 0 Å². The standard InChI is InChI=1S/C17H12O2/c18-11-3-1-10-2-4-12-13-7-8-17(19)15(13)6-5-14(12)16(10)9-11/h1-6,9,18H,7-8H2. The van der Waals surface area contributed by atoms with Crippen molar-refractivity contribution in [3.63, 3.8) is 0 Å². The van der Waals surface area contributed by atoms with E-state index in [2.05, 4.69) is 12.1 Å². The monoisotopic (exact) mass is 248 g/mol. The number of rotatable bonds is 0. The fraction of sp³-hybridized carbons (Fsp3) is 0.118. The molecule has 2 heteroatoms. The Morgan fingerprint density at radius 2 is 1.63 bits per heavy atom. The lowest BCUT2D eigenvalue weighted by Gasteiger charge is -2.08. The van der Waals surface area contributed by atoms with Crippen molar-refractivity contribution in [3.05, 3.63) is 53.6 Å². The summed E-state index contributed by atoms with van der Waals surface area (Å²) in [7, 11) is 0. The van der Waals surface area contributed by atoms with E-state index in [1.54, 1.807) is 12.1 Å². The summed E-state index contributed by atoms with van der Waals surface area (Å²) in [6, 6.07) is 13.5. The van der Waals surface area contributed by atoms with Gasteiger partial charge in [-0.25, -0.2) is 0 Å². The SMILES string of the molecule is O=C1CCc2c1ccc1c2ccc2ccc(O)cc21. The minimum Gasteiger partial charge on any atom is -0.508 e. The third-order valence-corrected chi connectivity index (χ3v) is 4.02. The number of phenols is 1. The van der Waals surface area contributed by atoms with Gasteiger partial charge in [0.25, 0.3) is 0 Å². The van der Waals surface area contributed by atoms with Gasteiger partial charge in [-0.15, -0.1) is 0 Å². The summed E-state index contributed by atoms with van der Waals surface area (Å²) < 4.78 is 0. The van der Waals surface area contributed by atoms with Crippen LogP contribution in [0, 0.1) is 0 Å². The Kier molecular flexibility index (Phi) is 1.99. The number of benzene rings is 3. The molecule has 19 heavy (non-hydrogen) atoms. The quantitative estimate of drug-likeness (QED) is 0.614. The zero-order valence-corrected chi connectivity index (χ0v) is 10.3. The average Bonchev–Trinajstić information content (AvgIpc) is 2.80. The first-order valence-corrected chi connectivity index (χ1v) is 6.44. The van der Waals surface area contributed by atoms with Gasteiger partial charge in [-0.2, -0.15) is 0 Å². The Hall–Kier alpha value is -2.35. The summed E-state index contributed by atoms with van der Waals surface area (Å²) in [6.07, 6.45) is 1.45. The molecule has 1 N–H and O–H groups in total. The van der Waals surface area contributed by atoms with Crippen molar-refractivity contribution in [1.29, 1.82) is 0 Å². The molecule has 0 spiro atoms. The lowest BCUT2D eigenvalue weighted by molar-refractivity contribution is 0.0994. The number of carbonyl (C=O) groups excluding carboxylic acids is 1. The highest BCUT2D eigenvalue weighted by Crippen LogP contribution is 2.34. The van der Waals surface area contributed by atoms with Crippen molar-refractivity contribution < 1.29 is 9.90 Å². The van der Waals surface area contributed by atoms with Crippen LogP contribution in [-0.2, 0) is 6.42 Å². The second-order valence-electron chi connectivity index (χ2n) is 5.08. The summed E-state index contributed by atoms with van der Waals surface area (Å²) in [6.45, 7) is 0. The Balaban J connectivity index is 2.18. The van der Waals surface area contributed by atoms with Crippen LogP contribution < -0.4 is 0 Å².